The van der Waals surface area contributed by atoms with Gasteiger partial charge in [0.05, 0.1) is 15.6 Å². The van der Waals surface area contributed by atoms with Gasteiger partial charge in [0.2, 0.25) is 0 Å². The fourth-order valence-electron chi connectivity index (χ4n) is 1.19. The number of ether oxygens (including phenoxy) is 2. The minimum atomic E-state index is 0.188. The van der Waals surface area contributed by atoms with Gasteiger partial charge in [0.1, 0.15) is 22.6 Å². The highest BCUT2D eigenvalue weighted by molar-refractivity contribution is 9.11. The fourth-order valence-corrected chi connectivity index (χ4v) is 2.92. The van der Waals surface area contributed by atoms with Gasteiger partial charge in [-0.25, -0.2) is 0 Å². The maximum Gasteiger partial charge on any atom is 0.147 e. The predicted molar refractivity (Wildman–Crippen MR) is 91.0 cm³/mol. The lowest BCUT2D eigenvalue weighted by atomic mass is 10.3. The standard InChI is InChI=1S/C12H11Br3Cl2O2/c13-3-1-4-19-12-9(14)6-8(7-10(12)15)18-5-2-11(16)17/h2,6-7H,1,3-5H2. The summed E-state index contributed by atoms with van der Waals surface area (Å²) in [5.41, 5.74) is 0. The van der Waals surface area contributed by atoms with Crippen molar-refractivity contribution in [3.8, 4) is 11.5 Å². The van der Waals surface area contributed by atoms with E-state index in [1.807, 2.05) is 12.1 Å². The maximum absolute atomic E-state index is 5.67. The minimum absolute atomic E-state index is 0.188. The molecule has 0 unspecified atom stereocenters. The molecule has 0 fully saturated rings. The predicted octanol–water partition coefficient (Wildman–Crippen LogP) is 6.07. The number of halogens is 5. The van der Waals surface area contributed by atoms with Crippen LogP contribution in [0.15, 0.2) is 31.6 Å². The van der Waals surface area contributed by atoms with E-state index in [-0.39, 0.29) is 4.49 Å². The Morgan fingerprint density at radius 2 is 1.79 bits per heavy atom. The Bertz CT molecular complexity index is 426. The molecule has 0 amide bonds. The number of rotatable bonds is 7. The molecule has 0 aliphatic heterocycles. The molecule has 0 radical (unpaired) electrons. The summed E-state index contributed by atoms with van der Waals surface area (Å²) in [5, 5.41) is 0.912. The van der Waals surface area contributed by atoms with Crippen molar-refractivity contribution in [2.75, 3.05) is 18.5 Å². The summed E-state index contributed by atoms with van der Waals surface area (Å²) in [6, 6.07) is 3.68. The van der Waals surface area contributed by atoms with Gasteiger partial charge in [-0.3, -0.25) is 0 Å². The van der Waals surface area contributed by atoms with Gasteiger partial charge >= 0.3 is 0 Å². The van der Waals surface area contributed by atoms with Crippen LogP contribution in [0.5, 0.6) is 11.5 Å². The lowest BCUT2D eigenvalue weighted by Gasteiger charge is -2.12. The lowest BCUT2D eigenvalue weighted by molar-refractivity contribution is 0.313. The van der Waals surface area contributed by atoms with Crippen molar-refractivity contribution in [1.82, 2.24) is 0 Å². The molecule has 106 valence electrons. The fraction of sp³-hybridized carbons (Fsp3) is 0.333. The van der Waals surface area contributed by atoms with Crippen LogP contribution < -0.4 is 9.47 Å². The molecule has 1 aromatic carbocycles. The molecule has 19 heavy (non-hydrogen) atoms. The number of benzene rings is 1. The first kappa shape index (κ1) is 17.6. The van der Waals surface area contributed by atoms with E-state index in [0.717, 1.165) is 26.4 Å². The van der Waals surface area contributed by atoms with Crippen LogP contribution in [0.1, 0.15) is 6.42 Å². The van der Waals surface area contributed by atoms with Crippen LogP contribution in [0.25, 0.3) is 0 Å². The van der Waals surface area contributed by atoms with Crippen LogP contribution in [0.4, 0.5) is 0 Å². The second-order valence-corrected chi connectivity index (χ2v) is 6.92. The molecule has 0 atom stereocenters. The van der Waals surface area contributed by atoms with Gasteiger partial charge in [0.25, 0.3) is 0 Å². The summed E-state index contributed by atoms with van der Waals surface area (Å²) in [6.07, 6.45) is 2.52. The zero-order valence-electron chi connectivity index (χ0n) is 9.77. The van der Waals surface area contributed by atoms with Crippen molar-refractivity contribution in [3.05, 3.63) is 31.6 Å². The second-order valence-electron chi connectivity index (χ2n) is 3.41. The normalized spacial score (nSPS) is 10.2. The first-order valence-corrected chi connectivity index (χ1v) is 8.82. The molecular weight excluding hydrogens is 487 g/mol. The van der Waals surface area contributed by atoms with Crippen molar-refractivity contribution in [2.24, 2.45) is 0 Å². The van der Waals surface area contributed by atoms with E-state index in [0.29, 0.717) is 19.0 Å². The molecule has 7 heteroatoms. The Morgan fingerprint density at radius 3 is 2.32 bits per heavy atom. The van der Waals surface area contributed by atoms with Crippen molar-refractivity contribution in [2.45, 2.75) is 6.42 Å². The van der Waals surface area contributed by atoms with Gasteiger partial charge in [-0.15, -0.1) is 0 Å². The van der Waals surface area contributed by atoms with E-state index < -0.39 is 0 Å². The number of hydrogen-bond donors (Lipinski definition) is 0. The maximum atomic E-state index is 5.67. The van der Waals surface area contributed by atoms with Crippen molar-refractivity contribution < 1.29 is 9.47 Å². The first-order valence-electron chi connectivity index (χ1n) is 5.36. The van der Waals surface area contributed by atoms with Gasteiger partial charge in [0, 0.05) is 5.33 Å². The Labute approximate surface area is 147 Å². The molecule has 0 saturated heterocycles. The highest BCUT2D eigenvalue weighted by Crippen LogP contribution is 2.37. The van der Waals surface area contributed by atoms with Crippen LogP contribution in [-0.4, -0.2) is 18.5 Å². The highest BCUT2D eigenvalue weighted by Gasteiger charge is 2.09. The Morgan fingerprint density at radius 1 is 1.16 bits per heavy atom. The summed E-state index contributed by atoms with van der Waals surface area (Å²) in [6.45, 7) is 0.957. The lowest BCUT2D eigenvalue weighted by Crippen LogP contribution is -2.00. The third kappa shape index (κ3) is 6.71. The average Bonchev–Trinajstić information content (AvgIpc) is 2.32. The minimum Gasteiger partial charge on any atom is -0.491 e. The van der Waals surface area contributed by atoms with E-state index in [9.17, 15) is 0 Å². The first-order chi connectivity index (χ1) is 9.04. The van der Waals surface area contributed by atoms with Gasteiger partial charge < -0.3 is 9.47 Å². The summed E-state index contributed by atoms with van der Waals surface area (Å²) in [7, 11) is 0. The molecule has 0 aliphatic carbocycles. The van der Waals surface area contributed by atoms with E-state index >= 15 is 0 Å². The van der Waals surface area contributed by atoms with Crippen LogP contribution in [0, 0.1) is 0 Å². The van der Waals surface area contributed by atoms with Crippen molar-refractivity contribution in [1.29, 1.82) is 0 Å². The van der Waals surface area contributed by atoms with Gasteiger partial charge in [-0.2, -0.15) is 0 Å². The molecule has 2 nitrogen and oxygen atoms in total. The smallest absolute Gasteiger partial charge is 0.147 e. The molecule has 0 bridgehead atoms. The SMILES string of the molecule is ClC(Cl)=CCOc1cc(Br)c(OCCCBr)c(Br)c1. The van der Waals surface area contributed by atoms with Gasteiger partial charge in [0.15, 0.2) is 0 Å². The van der Waals surface area contributed by atoms with Crippen LogP contribution in [-0.2, 0) is 0 Å². The Balaban J connectivity index is 2.70. The van der Waals surface area contributed by atoms with E-state index in [1.165, 1.54) is 0 Å². The van der Waals surface area contributed by atoms with E-state index in [1.54, 1.807) is 6.08 Å². The molecule has 1 rings (SSSR count). The van der Waals surface area contributed by atoms with Crippen LogP contribution in [0.2, 0.25) is 0 Å². The van der Waals surface area contributed by atoms with Crippen molar-refractivity contribution in [3.63, 3.8) is 0 Å². The second kappa shape index (κ2) is 9.50. The molecule has 0 aliphatic rings. The van der Waals surface area contributed by atoms with Gasteiger partial charge in [-0.1, -0.05) is 39.1 Å². The van der Waals surface area contributed by atoms with Gasteiger partial charge in [-0.05, 0) is 56.5 Å². The molecule has 0 saturated carbocycles. The summed E-state index contributed by atoms with van der Waals surface area (Å²) >= 11 is 21.3. The molecule has 0 aromatic heterocycles. The zero-order chi connectivity index (χ0) is 14.3. The monoisotopic (exact) mass is 494 g/mol. The zero-order valence-corrected chi connectivity index (χ0v) is 16.0. The molecule has 0 N–H and O–H groups in total. The number of hydrogen-bond acceptors (Lipinski definition) is 2. The molecule has 0 heterocycles. The molecule has 1 aromatic rings. The van der Waals surface area contributed by atoms with E-state index in [2.05, 4.69) is 47.8 Å². The van der Waals surface area contributed by atoms with Crippen LogP contribution >= 0.6 is 71.0 Å². The largest absolute Gasteiger partial charge is 0.491 e. The van der Waals surface area contributed by atoms with Crippen LogP contribution in [0.3, 0.4) is 0 Å². The average molecular weight is 498 g/mol. The highest BCUT2D eigenvalue weighted by atomic mass is 79.9. The quantitative estimate of drug-likeness (QED) is 0.336. The molecular formula is C12H11Br3Cl2O2. The summed E-state index contributed by atoms with van der Waals surface area (Å²) in [4.78, 5) is 0. The molecule has 0 spiro atoms. The Kier molecular flexibility index (Phi) is 8.82. The Hall–Kier alpha value is 0.580. The topological polar surface area (TPSA) is 18.5 Å². The van der Waals surface area contributed by atoms with Crippen molar-refractivity contribution >= 4 is 71.0 Å². The third-order valence-corrected chi connectivity index (χ3v) is 4.03. The third-order valence-electron chi connectivity index (χ3n) is 1.98. The van der Waals surface area contributed by atoms with E-state index in [4.69, 9.17) is 32.7 Å². The summed E-state index contributed by atoms with van der Waals surface area (Å²) < 4.78 is 13.0. The summed E-state index contributed by atoms with van der Waals surface area (Å²) in [5.74, 6) is 1.46. The number of alkyl halides is 1.